The first kappa shape index (κ1) is 26.8. The second kappa shape index (κ2) is 14.0. The molecule has 0 radical (unpaired) electrons. The van der Waals surface area contributed by atoms with Crippen LogP contribution in [0.5, 0.6) is 0 Å². The van der Waals surface area contributed by atoms with E-state index in [1.807, 2.05) is 36.0 Å². The molecule has 7 nitrogen and oxygen atoms in total. The molecule has 4 rings (SSSR count). The van der Waals surface area contributed by atoms with E-state index in [2.05, 4.69) is 32.8 Å². The lowest BCUT2D eigenvalue weighted by Crippen LogP contribution is -2.29. The molecule has 2 heterocycles. The number of amides is 1. The Balaban J connectivity index is 0.000000420. The van der Waals surface area contributed by atoms with Crippen molar-refractivity contribution in [3.63, 3.8) is 0 Å². The minimum Gasteiger partial charge on any atom is -0.361 e. The number of anilines is 2. The zero-order chi connectivity index (χ0) is 25.0. The van der Waals surface area contributed by atoms with Crippen LogP contribution >= 0.6 is 23.2 Å². The Labute approximate surface area is 217 Å². The highest BCUT2D eigenvalue weighted by atomic mass is 35.5. The molecule has 0 aliphatic heterocycles. The number of nitrogens with one attached hydrogen (secondary N) is 3. The van der Waals surface area contributed by atoms with Crippen LogP contribution in [-0.4, -0.2) is 33.5 Å². The maximum absolute atomic E-state index is 12.2. The van der Waals surface area contributed by atoms with Gasteiger partial charge in [-0.2, -0.15) is 9.97 Å². The van der Waals surface area contributed by atoms with Gasteiger partial charge in [0.25, 0.3) is 0 Å². The van der Waals surface area contributed by atoms with Crippen LogP contribution in [0.4, 0.5) is 11.8 Å². The Kier molecular flexibility index (Phi) is 10.7. The molecule has 1 fully saturated rings. The number of benzene rings is 1. The van der Waals surface area contributed by atoms with Gasteiger partial charge in [0.1, 0.15) is 11.6 Å². The molecular formula is C26H34Cl2N6O. The Hall–Kier alpha value is -2.77. The molecule has 3 aromatic rings. The van der Waals surface area contributed by atoms with Crippen molar-refractivity contribution in [2.75, 3.05) is 23.7 Å². The zero-order valence-electron chi connectivity index (χ0n) is 20.4. The Morgan fingerprint density at radius 1 is 1.06 bits per heavy atom. The van der Waals surface area contributed by atoms with Gasteiger partial charge in [0.05, 0.1) is 6.54 Å². The lowest BCUT2D eigenvalue weighted by molar-refractivity contribution is -0.119. The summed E-state index contributed by atoms with van der Waals surface area (Å²) in [5, 5.41) is 10.0. The lowest BCUT2D eigenvalue weighted by atomic mass is 9.91. The van der Waals surface area contributed by atoms with E-state index in [1.165, 1.54) is 32.1 Å². The van der Waals surface area contributed by atoms with E-state index in [-0.39, 0.29) is 12.5 Å². The Morgan fingerprint density at radius 3 is 2.43 bits per heavy atom. The smallest absolute Gasteiger partial charge is 0.239 e. The second-order valence-corrected chi connectivity index (χ2v) is 9.51. The highest BCUT2D eigenvalue weighted by Gasteiger charge is 2.09. The molecular weight excluding hydrogens is 483 g/mol. The Bertz CT molecular complexity index is 1070. The first-order valence-corrected chi connectivity index (χ1v) is 12.9. The molecule has 35 heavy (non-hydrogen) atoms. The summed E-state index contributed by atoms with van der Waals surface area (Å²) in [6, 6.07) is 10.8. The highest BCUT2D eigenvalue weighted by molar-refractivity contribution is 6.35. The van der Waals surface area contributed by atoms with Crippen LogP contribution in [0, 0.1) is 5.92 Å². The van der Waals surface area contributed by atoms with Crippen LogP contribution in [0.25, 0.3) is 5.82 Å². The molecule has 1 aliphatic carbocycles. The monoisotopic (exact) mass is 516 g/mol. The van der Waals surface area contributed by atoms with Crippen LogP contribution in [-0.2, 0) is 11.3 Å². The first-order valence-electron chi connectivity index (χ1n) is 12.2. The van der Waals surface area contributed by atoms with Crippen molar-refractivity contribution < 1.29 is 4.79 Å². The summed E-state index contributed by atoms with van der Waals surface area (Å²) < 4.78 is 1.87. The molecule has 1 aliphatic rings. The van der Waals surface area contributed by atoms with Crippen molar-refractivity contribution in [2.45, 2.75) is 52.5 Å². The van der Waals surface area contributed by atoms with Gasteiger partial charge in [-0.05, 0) is 42.7 Å². The van der Waals surface area contributed by atoms with Crippen molar-refractivity contribution in [3.05, 3.63) is 64.4 Å². The molecule has 188 valence electrons. The van der Waals surface area contributed by atoms with Crippen molar-refractivity contribution in [1.82, 2.24) is 19.9 Å². The average molecular weight is 518 g/mol. The predicted octanol–water partition coefficient (Wildman–Crippen LogP) is 6.32. The maximum atomic E-state index is 12.2. The van der Waals surface area contributed by atoms with E-state index in [0.717, 1.165) is 11.5 Å². The number of rotatable bonds is 8. The SMILES string of the molecule is CC1CCCCC1.CCNc1nc(NCC(=O)NCc2ccc(Cl)cc2Cl)cc(-n2cccc2)n1. The molecule has 1 amide bonds. The third kappa shape index (κ3) is 9.07. The molecule has 9 heteroatoms. The molecule has 0 unspecified atom stereocenters. The van der Waals surface area contributed by atoms with Gasteiger partial charge in [0.15, 0.2) is 0 Å². The fourth-order valence-electron chi connectivity index (χ4n) is 3.78. The number of carbonyl (C=O) groups is 1. The van der Waals surface area contributed by atoms with Gasteiger partial charge in [-0.1, -0.05) is 68.3 Å². The number of hydrogen-bond donors (Lipinski definition) is 3. The number of nitrogens with zero attached hydrogens (tertiary/aromatic N) is 3. The number of hydrogen-bond acceptors (Lipinski definition) is 5. The molecule has 0 atom stereocenters. The van der Waals surface area contributed by atoms with E-state index in [9.17, 15) is 4.79 Å². The second-order valence-electron chi connectivity index (χ2n) is 8.66. The van der Waals surface area contributed by atoms with Crippen molar-refractivity contribution in [2.24, 2.45) is 5.92 Å². The van der Waals surface area contributed by atoms with Crippen LogP contribution in [0.3, 0.4) is 0 Å². The van der Waals surface area contributed by atoms with Gasteiger partial charge in [-0.15, -0.1) is 0 Å². The largest absolute Gasteiger partial charge is 0.361 e. The lowest BCUT2D eigenvalue weighted by Gasteiger charge is -2.15. The quantitative estimate of drug-likeness (QED) is 0.326. The first-order chi connectivity index (χ1) is 16.9. The number of carbonyl (C=O) groups excluding carboxylic acids is 1. The summed E-state index contributed by atoms with van der Waals surface area (Å²) in [6.45, 7) is 5.40. The zero-order valence-corrected chi connectivity index (χ0v) is 21.9. The summed E-state index contributed by atoms with van der Waals surface area (Å²) in [5.41, 5.74) is 0.797. The molecule has 0 spiro atoms. The van der Waals surface area contributed by atoms with Gasteiger partial charge in [0.2, 0.25) is 11.9 Å². The van der Waals surface area contributed by atoms with Crippen LogP contribution in [0.2, 0.25) is 10.0 Å². The van der Waals surface area contributed by atoms with Gasteiger partial charge in [-0.3, -0.25) is 4.79 Å². The fourth-order valence-corrected chi connectivity index (χ4v) is 4.26. The topological polar surface area (TPSA) is 83.9 Å². The predicted molar refractivity (Wildman–Crippen MR) is 145 cm³/mol. The summed E-state index contributed by atoms with van der Waals surface area (Å²) in [4.78, 5) is 21.0. The number of halogens is 2. The third-order valence-electron chi connectivity index (χ3n) is 5.73. The summed E-state index contributed by atoms with van der Waals surface area (Å²) in [6.07, 6.45) is 11.2. The number of aromatic nitrogens is 3. The average Bonchev–Trinajstić information content (AvgIpc) is 3.38. The Morgan fingerprint density at radius 2 is 1.80 bits per heavy atom. The van der Waals surface area contributed by atoms with Crippen molar-refractivity contribution >= 4 is 40.9 Å². The van der Waals surface area contributed by atoms with Crippen LogP contribution in [0.15, 0.2) is 48.8 Å². The maximum Gasteiger partial charge on any atom is 0.239 e. The summed E-state index contributed by atoms with van der Waals surface area (Å²) in [5.74, 6) is 2.59. The molecule has 1 aromatic carbocycles. The molecule has 0 bridgehead atoms. The van der Waals surface area contributed by atoms with Gasteiger partial charge in [0, 0.05) is 41.6 Å². The minimum atomic E-state index is -0.183. The standard InChI is InChI=1S/C19H20Cl2N6O.C7H14/c1-2-22-19-25-16(10-17(26-19)27-7-3-4-8-27)23-12-18(28)24-11-13-5-6-14(20)9-15(13)21;1-7-5-3-2-4-6-7/h3-10H,2,11-12H2,1H3,(H,24,28)(H2,22,23,25,26);7H,2-6H2,1H3. The fraction of sp³-hybridized carbons (Fsp3) is 0.423. The van der Waals surface area contributed by atoms with Gasteiger partial charge >= 0.3 is 0 Å². The van der Waals surface area contributed by atoms with E-state index >= 15 is 0 Å². The van der Waals surface area contributed by atoms with E-state index in [4.69, 9.17) is 23.2 Å². The molecule has 1 saturated carbocycles. The van der Waals surface area contributed by atoms with Gasteiger partial charge in [-0.25, -0.2) is 0 Å². The third-order valence-corrected chi connectivity index (χ3v) is 6.32. The van der Waals surface area contributed by atoms with Crippen LogP contribution < -0.4 is 16.0 Å². The summed E-state index contributed by atoms with van der Waals surface area (Å²) >= 11 is 12.0. The van der Waals surface area contributed by atoms with Gasteiger partial charge < -0.3 is 20.5 Å². The molecule has 0 saturated heterocycles. The van der Waals surface area contributed by atoms with E-state index in [0.29, 0.717) is 40.7 Å². The van der Waals surface area contributed by atoms with Crippen molar-refractivity contribution in [1.29, 1.82) is 0 Å². The molecule has 3 N–H and O–H groups in total. The highest BCUT2D eigenvalue weighted by Crippen LogP contribution is 2.22. The molecule has 2 aromatic heterocycles. The van der Waals surface area contributed by atoms with Crippen molar-refractivity contribution in [3.8, 4) is 5.82 Å². The van der Waals surface area contributed by atoms with E-state index < -0.39 is 0 Å². The van der Waals surface area contributed by atoms with E-state index in [1.54, 1.807) is 24.3 Å². The summed E-state index contributed by atoms with van der Waals surface area (Å²) in [7, 11) is 0. The minimum absolute atomic E-state index is 0.0684. The van der Waals surface area contributed by atoms with Crippen LogP contribution in [0.1, 0.15) is 51.5 Å². The normalized spacial score (nSPS) is 13.5.